The average Bonchev–Trinajstić information content (AvgIpc) is 3.05. The third-order valence-electron chi connectivity index (χ3n) is 3.25. The van der Waals surface area contributed by atoms with Crippen LogP contribution in [0.3, 0.4) is 0 Å². The van der Waals surface area contributed by atoms with E-state index in [2.05, 4.69) is 15.4 Å². The molecule has 0 aliphatic heterocycles. The van der Waals surface area contributed by atoms with Gasteiger partial charge in [-0.2, -0.15) is 5.10 Å². The molecule has 2 N–H and O–H groups in total. The first-order valence-electron chi connectivity index (χ1n) is 6.52. The van der Waals surface area contributed by atoms with Crippen LogP contribution >= 0.6 is 0 Å². The number of hydrogen-bond donors (Lipinski definition) is 2. The quantitative estimate of drug-likeness (QED) is 0.751. The van der Waals surface area contributed by atoms with Crippen molar-refractivity contribution in [3.05, 3.63) is 42.2 Å². The predicted octanol–water partition coefficient (Wildman–Crippen LogP) is 1.11. The van der Waals surface area contributed by atoms with Crippen molar-refractivity contribution in [2.75, 3.05) is 5.32 Å². The number of aryl methyl sites for hydroxylation is 1. The molecule has 112 valence electrons. The molecule has 8 nitrogen and oxygen atoms in total. The Morgan fingerprint density at radius 2 is 2.05 bits per heavy atom. The van der Waals surface area contributed by atoms with Gasteiger partial charge in [0.1, 0.15) is 12.2 Å². The molecule has 8 heteroatoms. The molecule has 0 saturated heterocycles. The molecule has 1 amide bonds. The Kier molecular flexibility index (Phi) is 3.34. The highest BCUT2D eigenvalue weighted by Crippen LogP contribution is 2.18. The van der Waals surface area contributed by atoms with E-state index in [1.165, 1.54) is 12.3 Å². The number of aromatic nitrogens is 4. The molecule has 3 aromatic rings. The van der Waals surface area contributed by atoms with E-state index in [0.717, 1.165) is 15.7 Å². The van der Waals surface area contributed by atoms with Crippen LogP contribution in [-0.2, 0) is 18.4 Å². The Hall–Kier alpha value is -3.16. The van der Waals surface area contributed by atoms with Crippen molar-refractivity contribution in [3.8, 4) is 0 Å². The number of hydrogen-bond acceptors (Lipinski definition) is 4. The molecule has 2 heterocycles. The van der Waals surface area contributed by atoms with Gasteiger partial charge in [-0.05, 0) is 18.2 Å². The maximum Gasteiger partial charge on any atom is 0.325 e. The van der Waals surface area contributed by atoms with E-state index in [1.54, 1.807) is 11.6 Å². The fourth-order valence-electron chi connectivity index (χ4n) is 2.20. The monoisotopic (exact) mass is 299 g/mol. The van der Waals surface area contributed by atoms with Gasteiger partial charge in [-0.1, -0.05) is 12.1 Å². The summed E-state index contributed by atoms with van der Waals surface area (Å²) >= 11 is 0. The van der Waals surface area contributed by atoms with E-state index in [0.29, 0.717) is 5.95 Å². The van der Waals surface area contributed by atoms with Crippen LogP contribution in [-0.4, -0.2) is 36.3 Å². The molecular weight excluding hydrogens is 286 g/mol. The molecule has 0 bridgehead atoms. The molecule has 0 radical (unpaired) electrons. The Bertz CT molecular complexity index is 864. The van der Waals surface area contributed by atoms with Crippen molar-refractivity contribution in [2.45, 2.75) is 6.54 Å². The first-order valence-corrected chi connectivity index (χ1v) is 6.52. The van der Waals surface area contributed by atoms with Gasteiger partial charge in [0, 0.05) is 13.2 Å². The summed E-state index contributed by atoms with van der Waals surface area (Å²) in [7, 11) is 1.79. The zero-order valence-corrected chi connectivity index (χ0v) is 11.7. The van der Waals surface area contributed by atoms with Gasteiger partial charge < -0.3 is 9.67 Å². The lowest BCUT2D eigenvalue weighted by atomic mass is 10.3. The zero-order valence-electron chi connectivity index (χ0n) is 11.7. The van der Waals surface area contributed by atoms with Crippen LogP contribution in [0.1, 0.15) is 10.5 Å². The number of carbonyl (C=O) groups is 2. The molecule has 2 aromatic heterocycles. The van der Waals surface area contributed by atoms with Gasteiger partial charge >= 0.3 is 5.97 Å². The van der Waals surface area contributed by atoms with Crippen LogP contribution in [0.15, 0.2) is 36.5 Å². The third-order valence-corrected chi connectivity index (χ3v) is 3.25. The van der Waals surface area contributed by atoms with Gasteiger partial charge in [0.25, 0.3) is 5.91 Å². The molecule has 0 atom stereocenters. The minimum atomic E-state index is -1.07. The second-order valence-corrected chi connectivity index (χ2v) is 4.71. The highest BCUT2D eigenvalue weighted by atomic mass is 16.4. The summed E-state index contributed by atoms with van der Waals surface area (Å²) in [5.74, 6) is -1.15. The van der Waals surface area contributed by atoms with E-state index in [9.17, 15) is 9.59 Å². The van der Waals surface area contributed by atoms with Crippen molar-refractivity contribution < 1.29 is 14.7 Å². The van der Waals surface area contributed by atoms with E-state index >= 15 is 0 Å². The maximum absolute atomic E-state index is 12.3. The third kappa shape index (κ3) is 2.41. The zero-order chi connectivity index (χ0) is 15.7. The molecule has 0 aliphatic carbocycles. The number of benzene rings is 1. The molecule has 3 rings (SSSR count). The van der Waals surface area contributed by atoms with Gasteiger partial charge in [-0.25, -0.2) is 9.67 Å². The number of nitrogens with zero attached hydrogens (tertiary/aromatic N) is 4. The van der Waals surface area contributed by atoms with Crippen LogP contribution < -0.4 is 5.32 Å². The number of imidazole rings is 1. The largest absolute Gasteiger partial charge is 0.480 e. The van der Waals surface area contributed by atoms with Crippen LogP contribution in [0.4, 0.5) is 5.95 Å². The summed E-state index contributed by atoms with van der Waals surface area (Å²) in [5.41, 5.74) is 1.81. The Labute approximate surface area is 125 Å². The molecular formula is C14H13N5O3. The number of aliphatic carboxylic acids is 1. The number of rotatable bonds is 4. The molecule has 0 aliphatic rings. The Balaban J connectivity index is 1.89. The summed E-state index contributed by atoms with van der Waals surface area (Å²) in [4.78, 5) is 27.4. The highest BCUT2D eigenvalue weighted by Gasteiger charge is 2.16. The number of anilines is 1. The van der Waals surface area contributed by atoms with Gasteiger partial charge in [-0.15, -0.1) is 0 Å². The van der Waals surface area contributed by atoms with Crippen LogP contribution in [0, 0.1) is 0 Å². The van der Waals surface area contributed by atoms with E-state index in [-0.39, 0.29) is 12.2 Å². The maximum atomic E-state index is 12.3. The Morgan fingerprint density at radius 1 is 1.27 bits per heavy atom. The van der Waals surface area contributed by atoms with Crippen molar-refractivity contribution in [3.63, 3.8) is 0 Å². The topological polar surface area (TPSA) is 102 Å². The molecule has 0 fully saturated rings. The van der Waals surface area contributed by atoms with Gasteiger partial charge in [-0.3, -0.25) is 14.9 Å². The summed E-state index contributed by atoms with van der Waals surface area (Å²) in [6, 6.07) is 8.95. The summed E-state index contributed by atoms with van der Waals surface area (Å²) in [6.45, 7) is -0.377. The summed E-state index contributed by atoms with van der Waals surface area (Å²) in [6.07, 6.45) is 1.38. The standard InChI is InChI=1S/C14H13N5O3/c1-18-10-5-3-2-4-9(10)16-14(18)17-13(22)11-6-7-15-19(11)8-12(20)21/h2-7H,8H2,1H3,(H,20,21)(H,16,17,22). The number of amides is 1. The van der Waals surface area contributed by atoms with Crippen LogP contribution in [0.5, 0.6) is 0 Å². The summed E-state index contributed by atoms with van der Waals surface area (Å²) in [5, 5.41) is 15.3. The smallest absolute Gasteiger partial charge is 0.325 e. The van der Waals surface area contributed by atoms with Crippen LogP contribution in [0.25, 0.3) is 11.0 Å². The lowest BCUT2D eigenvalue weighted by molar-refractivity contribution is -0.137. The number of carboxylic acid groups (broad SMARTS) is 1. The predicted molar refractivity (Wildman–Crippen MR) is 78.5 cm³/mol. The molecule has 1 aromatic carbocycles. The number of carbonyl (C=O) groups excluding carboxylic acids is 1. The summed E-state index contributed by atoms with van der Waals surface area (Å²) < 4.78 is 2.88. The number of para-hydroxylation sites is 2. The first kappa shape index (κ1) is 13.8. The molecule has 0 saturated carbocycles. The fraction of sp³-hybridized carbons (Fsp3) is 0.143. The average molecular weight is 299 g/mol. The minimum absolute atomic E-state index is 0.162. The lowest BCUT2D eigenvalue weighted by Gasteiger charge is -2.06. The molecule has 0 unspecified atom stereocenters. The van der Waals surface area contributed by atoms with Crippen molar-refractivity contribution in [1.29, 1.82) is 0 Å². The minimum Gasteiger partial charge on any atom is -0.480 e. The second-order valence-electron chi connectivity index (χ2n) is 4.71. The van der Waals surface area contributed by atoms with Gasteiger partial charge in [0.2, 0.25) is 5.95 Å². The van der Waals surface area contributed by atoms with E-state index in [1.807, 2.05) is 24.3 Å². The van der Waals surface area contributed by atoms with Gasteiger partial charge in [0.05, 0.1) is 11.0 Å². The highest BCUT2D eigenvalue weighted by molar-refractivity contribution is 6.03. The second kappa shape index (κ2) is 5.32. The lowest BCUT2D eigenvalue weighted by Crippen LogP contribution is -2.22. The van der Waals surface area contributed by atoms with Crippen molar-refractivity contribution in [1.82, 2.24) is 19.3 Å². The number of fused-ring (bicyclic) bond motifs is 1. The number of nitrogens with one attached hydrogen (secondary N) is 1. The van der Waals surface area contributed by atoms with E-state index in [4.69, 9.17) is 5.11 Å². The van der Waals surface area contributed by atoms with Crippen LogP contribution in [0.2, 0.25) is 0 Å². The Morgan fingerprint density at radius 3 is 2.77 bits per heavy atom. The number of carboxylic acids is 1. The normalized spacial score (nSPS) is 10.8. The fourth-order valence-corrected chi connectivity index (χ4v) is 2.20. The first-order chi connectivity index (χ1) is 10.6. The van der Waals surface area contributed by atoms with Crippen molar-refractivity contribution in [2.24, 2.45) is 7.05 Å². The van der Waals surface area contributed by atoms with Crippen molar-refractivity contribution >= 4 is 28.9 Å². The van der Waals surface area contributed by atoms with Gasteiger partial charge in [0.15, 0.2) is 0 Å². The molecule has 22 heavy (non-hydrogen) atoms. The van der Waals surface area contributed by atoms with E-state index < -0.39 is 11.9 Å². The SMILES string of the molecule is Cn1c(NC(=O)c2ccnn2CC(=O)O)nc2ccccc21. The molecule has 0 spiro atoms.